The molecule has 0 atom stereocenters. The van der Waals surface area contributed by atoms with Gasteiger partial charge in [-0.15, -0.1) is 0 Å². The van der Waals surface area contributed by atoms with Crippen LogP contribution in [-0.4, -0.2) is 4.98 Å². The van der Waals surface area contributed by atoms with Crippen molar-refractivity contribution < 1.29 is 26.8 Å². The van der Waals surface area contributed by atoms with Crippen molar-refractivity contribution in [2.45, 2.75) is 0 Å². The smallest absolute Gasteiger partial charge is 0.429 e. The first-order valence-corrected chi connectivity index (χ1v) is 3.35. The first kappa shape index (κ1) is 8.74. The molecule has 0 amide bonds. The van der Waals surface area contributed by atoms with E-state index in [4.69, 9.17) is 16.6 Å². The van der Waals surface area contributed by atoms with Gasteiger partial charge < -0.3 is 9.40 Å². The van der Waals surface area contributed by atoms with Gasteiger partial charge in [-0.3, -0.25) is 0 Å². The number of hydrogen-bond acceptors (Lipinski definition) is 2. The fraction of sp³-hybridized carbons (Fsp3) is 0. The third-order valence-corrected chi connectivity index (χ3v) is 1.51. The Labute approximate surface area is 84.1 Å². The van der Waals surface area contributed by atoms with Crippen LogP contribution >= 0.6 is 12.2 Å². The van der Waals surface area contributed by atoms with Gasteiger partial charge in [0.25, 0.3) is 4.84 Å². The molecule has 0 aliphatic rings. The standard InChI is InChI=1S/C7H5NOS.Ag/c10-7-8-5-3-1-2-4-6(5)9-7;/h1-4H,(H,8,10);/q;+1. The van der Waals surface area contributed by atoms with Gasteiger partial charge in [0.2, 0.25) is 0 Å². The zero-order chi connectivity index (χ0) is 6.97. The van der Waals surface area contributed by atoms with Crippen molar-refractivity contribution in [1.82, 2.24) is 4.98 Å². The Bertz CT molecular complexity index is 370. The van der Waals surface area contributed by atoms with Gasteiger partial charge in [-0.05, 0) is 24.4 Å². The fourth-order valence-corrected chi connectivity index (χ4v) is 1.09. The Kier molecular flexibility index (Phi) is 2.67. The van der Waals surface area contributed by atoms with E-state index < -0.39 is 0 Å². The largest absolute Gasteiger partial charge is 1.00 e. The Balaban J connectivity index is 0.000000605. The topological polar surface area (TPSA) is 28.9 Å². The SMILES string of the molecule is S=c1[nH]c2ccccc2o1.[Ag+]. The van der Waals surface area contributed by atoms with Crippen molar-refractivity contribution in [2.24, 2.45) is 0 Å². The summed E-state index contributed by atoms with van der Waals surface area (Å²) < 4.78 is 5.13. The van der Waals surface area contributed by atoms with E-state index in [1.165, 1.54) is 0 Å². The molecule has 1 heterocycles. The number of rotatable bonds is 0. The molecule has 4 heteroatoms. The third-order valence-electron chi connectivity index (χ3n) is 1.33. The second-order valence-electron chi connectivity index (χ2n) is 2.01. The number of aromatic amines is 1. The molecule has 0 saturated heterocycles. The quantitative estimate of drug-likeness (QED) is 0.581. The van der Waals surface area contributed by atoms with E-state index >= 15 is 0 Å². The van der Waals surface area contributed by atoms with Gasteiger partial charge in [0.15, 0.2) is 5.58 Å². The van der Waals surface area contributed by atoms with Gasteiger partial charge in [0.1, 0.15) is 0 Å². The molecular weight excluding hydrogens is 254 g/mol. The summed E-state index contributed by atoms with van der Waals surface area (Å²) >= 11 is 4.79. The van der Waals surface area contributed by atoms with Crippen LogP contribution in [0.2, 0.25) is 0 Å². The first-order valence-electron chi connectivity index (χ1n) is 2.94. The Morgan fingerprint density at radius 1 is 1.27 bits per heavy atom. The number of nitrogens with one attached hydrogen (secondary N) is 1. The summed E-state index contributed by atoms with van der Waals surface area (Å²) in [5, 5.41) is 0. The third kappa shape index (κ3) is 1.62. The summed E-state index contributed by atoms with van der Waals surface area (Å²) in [6.45, 7) is 0. The summed E-state index contributed by atoms with van der Waals surface area (Å²) in [4.78, 5) is 3.34. The molecule has 0 aliphatic carbocycles. The maximum Gasteiger partial charge on any atom is 1.00 e. The number of H-pyrrole nitrogens is 1. The van der Waals surface area contributed by atoms with Crippen LogP contribution in [0.5, 0.6) is 0 Å². The number of hydrogen-bond donors (Lipinski definition) is 1. The molecule has 2 nitrogen and oxygen atoms in total. The van der Waals surface area contributed by atoms with E-state index in [0.29, 0.717) is 4.84 Å². The molecule has 0 unspecified atom stereocenters. The molecule has 60 valence electrons. The van der Waals surface area contributed by atoms with Gasteiger partial charge >= 0.3 is 22.4 Å². The second kappa shape index (κ2) is 3.36. The van der Waals surface area contributed by atoms with Gasteiger partial charge in [0, 0.05) is 0 Å². The molecule has 0 radical (unpaired) electrons. The van der Waals surface area contributed by atoms with Crippen molar-refractivity contribution in [1.29, 1.82) is 0 Å². The van der Waals surface area contributed by atoms with Crippen LogP contribution in [0.4, 0.5) is 0 Å². The fourth-order valence-electron chi connectivity index (χ4n) is 0.894. The van der Waals surface area contributed by atoms with Gasteiger partial charge in [-0.2, -0.15) is 0 Å². The zero-order valence-electron chi connectivity index (χ0n) is 5.43. The Morgan fingerprint density at radius 3 is 2.73 bits per heavy atom. The monoisotopic (exact) mass is 258 g/mol. The van der Waals surface area contributed by atoms with Crippen molar-refractivity contribution >= 4 is 23.3 Å². The van der Waals surface area contributed by atoms with Crippen LogP contribution in [0.1, 0.15) is 0 Å². The molecule has 0 aliphatic heterocycles. The minimum absolute atomic E-state index is 0. The summed E-state index contributed by atoms with van der Waals surface area (Å²) in [5.74, 6) is 0. The van der Waals surface area contributed by atoms with E-state index in [1.54, 1.807) is 0 Å². The predicted octanol–water partition coefficient (Wildman–Crippen LogP) is 2.49. The maximum absolute atomic E-state index is 5.13. The summed E-state index contributed by atoms with van der Waals surface area (Å²) in [7, 11) is 0. The summed E-state index contributed by atoms with van der Waals surface area (Å²) in [6, 6.07) is 7.65. The molecule has 1 aromatic carbocycles. The molecule has 0 fully saturated rings. The van der Waals surface area contributed by atoms with Crippen LogP contribution in [0.15, 0.2) is 28.7 Å². The van der Waals surface area contributed by atoms with E-state index in [1.807, 2.05) is 24.3 Å². The van der Waals surface area contributed by atoms with Crippen molar-refractivity contribution in [3.63, 3.8) is 0 Å². The molecule has 1 aromatic heterocycles. The first-order chi connectivity index (χ1) is 4.86. The van der Waals surface area contributed by atoms with Crippen molar-refractivity contribution in [3.8, 4) is 0 Å². The maximum atomic E-state index is 5.13. The molecule has 1 N–H and O–H groups in total. The van der Waals surface area contributed by atoms with Gasteiger partial charge in [-0.1, -0.05) is 12.1 Å². The minimum Gasteiger partial charge on any atom is -0.429 e. The average molecular weight is 259 g/mol. The molecule has 2 rings (SSSR count). The summed E-state index contributed by atoms with van der Waals surface area (Å²) in [6.07, 6.45) is 0. The van der Waals surface area contributed by atoms with Crippen LogP contribution in [0.3, 0.4) is 0 Å². The zero-order valence-corrected chi connectivity index (χ0v) is 7.73. The number of para-hydroxylation sites is 2. The molecule has 0 bridgehead atoms. The van der Waals surface area contributed by atoms with Crippen LogP contribution in [0.25, 0.3) is 11.1 Å². The molecule has 0 spiro atoms. The summed E-state index contributed by atoms with van der Waals surface area (Å²) in [5.41, 5.74) is 1.76. The molecule has 2 aromatic rings. The van der Waals surface area contributed by atoms with Gasteiger partial charge in [-0.25, -0.2) is 0 Å². The van der Waals surface area contributed by atoms with Crippen LogP contribution in [-0.2, 0) is 22.4 Å². The van der Waals surface area contributed by atoms with Gasteiger partial charge in [0.05, 0.1) is 5.52 Å². The van der Waals surface area contributed by atoms with E-state index in [-0.39, 0.29) is 22.4 Å². The Morgan fingerprint density at radius 2 is 2.00 bits per heavy atom. The molecule has 11 heavy (non-hydrogen) atoms. The minimum atomic E-state index is 0. The van der Waals surface area contributed by atoms with E-state index in [0.717, 1.165) is 11.1 Å². The number of oxazole rings is 1. The number of benzene rings is 1. The average Bonchev–Trinajstić information content (AvgIpc) is 2.27. The van der Waals surface area contributed by atoms with E-state index in [9.17, 15) is 0 Å². The predicted molar refractivity (Wildman–Crippen MR) is 41.4 cm³/mol. The molecular formula is C7H5AgNOS+. The Hall–Kier alpha value is -0.350. The van der Waals surface area contributed by atoms with Crippen LogP contribution in [0, 0.1) is 4.84 Å². The normalized spacial score (nSPS) is 9.45. The molecule has 0 saturated carbocycles. The number of fused-ring (bicyclic) bond motifs is 1. The van der Waals surface area contributed by atoms with Crippen LogP contribution < -0.4 is 0 Å². The van der Waals surface area contributed by atoms with E-state index in [2.05, 4.69) is 4.98 Å². The van der Waals surface area contributed by atoms with Crippen molar-refractivity contribution in [3.05, 3.63) is 29.1 Å². The van der Waals surface area contributed by atoms with Crippen molar-refractivity contribution in [2.75, 3.05) is 0 Å². The number of aromatic nitrogens is 1. The second-order valence-corrected chi connectivity index (χ2v) is 2.38.